The normalized spacial score (nSPS) is 9.73. The summed E-state index contributed by atoms with van der Waals surface area (Å²) in [4.78, 5) is 0. The molecule has 0 aliphatic rings. The van der Waals surface area contributed by atoms with E-state index in [2.05, 4.69) is 10.6 Å². The maximum Gasteiger partial charge on any atom is 0.170 e. The minimum atomic E-state index is -0.344. The summed E-state index contributed by atoms with van der Waals surface area (Å²) in [5.74, 6) is -0.344. The SMILES string of the molecule is OCCCNC(=S)Nc1ccccc1F. The van der Waals surface area contributed by atoms with Crippen molar-refractivity contribution in [1.82, 2.24) is 5.32 Å². The summed E-state index contributed by atoms with van der Waals surface area (Å²) >= 11 is 4.94. The molecule has 0 aliphatic carbocycles. The van der Waals surface area contributed by atoms with Gasteiger partial charge in [-0.15, -0.1) is 0 Å². The molecule has 0 saturated carbocycles. The Kier molecular flexibility index (Phi) is 5.00. The average Bonchev–Trinajstić information content (AvgIpc) is 2.22. The molecule has 0 amide bonds. The predicted octanol–water partition coefficient (Wildman–Crippen LogP) is 1.49. The van der Waals surface area contributed by atoms with Crippen LogP contribution in [0.25, 0.3) is 0 Å². The van der Waals surface area contributed by atoms with Crippen LogP contribution in [-0.4, -0.2) is 23.4 Å². The van der Waals surface area contributed by atoms with Gasteiger partial charge < -0.3 is 15.7 Å². The summed E-state index contributed by atoms with van der Waals surface area (Å²) in [5, 5.41) is 14.5. The van der Waals surface area contributed by atoms with Gasteiger partial charge >= 0.3 is 0 Å². The lowest BCUT2D eigenvalue weighted by atomic mass is 10.3. The molecule has 82 valence electrons. The number of anilines is 1. The number of benzene rings is 1. The lowest BCUT2D eigenvalue weighted by molar-refractivity contribution is 0.289. The first kappa shape index (κ1) is 11.9. The molecule has 0 saturated heterocycles. The maximum absolute atomic E-state index is 13.1. The van der Waals surface area contributed by atoms with Crippen LogP contribution in [0.2, 0.25) is 0 Å². The van der Waals surface area contributed by atoms with E-state index in [0.29, 0.717) is 23.8 Å². The molecule has 0 bridgehead atoms. The molecule has 0 heterocycles. The van der Waals surface area contributed by atoms with Crippen molar-refractivity contribution in [3.63, 3.8) is 0 Å². The van der Waals surface area contributed by atoms with E-state index in [4.69, 9.17) is 17.3 Å². The number of rotatable bonds is 4. The van der Waals surface area contributed by atoms with Crippen molar-refractivity contribution in [2.24, 2.45) is 0 Å². The Morgan fingerprint density at radius 2 is 2.13 bits per heavy atom. The quantitative estimate of drug-likeness (QED) is 0.540. The van der Waals surface area contributed by atoms with Gasteiger partial charge in [-0.25, -0.2) is 4.39 Å². The van der Waals surface area contributed by atoms with Gasteiger partial charge in [0.25, 0.3) is 0 Å². The molecular weight excluding hydrogens is 215 g/mol. The van der Waals surface area contributed by atoms with Gasteiger partial charge in [0.2, 0.25) is 0 Å². The molecule has 0 unspecified atom stereocenters. The number of nitrogens with one attached hydrogen (secondary N) is 2. The molecule has 0 spiro atoms. The van der Waals surface area contributed by atoms with Crippen LogP contribution in [0.1, 0.15) is 6.42 Å². The van der Waals surface area contributed by atoms with Gasteiger partial charge in [-0.05, 0) is 30.8 Å². The first-order chi connectivity index (χ1) is 7.24. The lowest BCUT2D eigenvalue weighted by Crippen LogP contribution is -2.29. The van der Waals surface area contributed by atoms with E-state index < -0.39 is 0 Å². The third kappa shape index (κ3) is 4.22. The highest BCUT2D eigenvalue weighted by molar-refractivity contribution is 7.80. The van der Waals surface area contributed by atoms with Crippen molar-refractivity contribution < 1.29 is 9.50 Å². The third-order valence-corrected chi connectivity index (χ3v) is 1.99. The zero-order valence-electron chi connectivity index (χ0n) is 8.16. The molecule has 1 rings (SSSR count). The fourth-order valence-electron chi connectivity index (χ4n) is 1.01. The summed E-state index contributed by atoms with van der Waals surface area (Å²) < 4.78 is 13.1. The molecule has 15 heavy (non-hydrogen) atoms. The number of hydrogen-bond acceptors (Lipinski definition) is 2. The van der Waals surface area contributed by atoms with E-state index in [0.717, 1.165) is 0 Å². The Bertz CT molecular complexity index is 333. The predicted molar refractivity (Wildman–Crippen MR) is 62.3 cm³/mol. The van der Waals surface area contributed by atoms with Crippen LogP contribution in [0.4, 0.5) is 10.1 Å². The Morgan fingerprint density at radius 3 is 2.80 bits per heavy atom. The summed E-state index contributed by atoms with van der Waals surface area (Å²) in [6, 6.07) is 6.30. The summed E-state index contributed by atoms with van der Waals surface area (Å²) in [5.41, 5.74) is 0.346. The van der Waals surface area contributed by atoms with Crippen molar-refractivity contribution in [1.29, 1.82) is 0 Å². The minimum Gasteiger partial charge on any atom is -0.396 e. The van der Waals surface area contributed by atoms with Gasteiger partial charge in [-0.1, -0.05) is 12.1 Å². The average molecular weight is 228 g/mol. The van der Waals surface area contributed by atoms with Crippen LogP contribution < -0.4 is 10.6 Å². The second-order valence-corrected chi connectivity index (χ2v) is 3.35. The minimum absolute atomic E-state index is 0.106. The second-order valence-electron chi connectivity index (χ2n) is 2.94. The van der Waals surface area contributed by atoms with Gasteiger partial charge in [0.1, 0.15) is 5.82 Å². The Labute approximate surface area is 93.3 Å². The number of aliphatic hydroxyl groups excluding tert-OH is 1. The Hall–Kier alpha value is -1.20. The number of halogens is 1. The van der Waals surface area contributed by atoms with E-state index in [1.807, 2.05) is 0 Å². The standard InChI is InChI=1S/C10H13FN2OS/c11-8-4-1-2-5-9(8)13-10(15)12-6-3-7-14/h1-2,4-5,14H,3,6-7H2,(H2,12,13,15). The fraction of sp³-hybridized carbons (Fsp3) is 0.300. The van der Waals surface area contributed by atoms with E-state index in [1.54, 1.807) is 18.2 Å². The number of aliphatic hydroxyl groups is 1. The van der Waals surface area contributed by atoms with Gasteiger partial charge in [-0.3, -0.25) is 0 Å². The van der Waals surface area contributed by atoms with E-state index in [-0.39, 0.29) is 12.4 Å². The molecular formula is C10H13FN2OS. The number of hydrogen-bond donors (Lipinski definition) is 3. The molecule has 1 aromatic carbocycles. The summed E-state index contributed by atoms with van der Waals surface area (Å²) in [6.07, 6.45) is 0.610. The summed E-state index contributed by atoms with van der Waals surface area (Å²) in [7, 11) is 0. The van der Waals surface area contributed by atoms with Crippen LogP contribution in [0, 0.1) is 5.82 Å². The summed E-state index contributed by atoms with van der Waals surface area (Å²) in [6.45, 7) is 0.673. The lowest BCUT2D eigenvalue weighted by Gasteiger charge is -2.10. The number of para-hydroxylation sites is 1. The van der Waals surface area contributed by atoms with Gasteiger partial charge in [-0.2, -0.15) is 0 Å². The highest BCUT2D eigenvalue weighted by Gasteiger charge is 2.01. The highest BCUT2D eigenvalue weighted by atomic mass is 32.1. The van der Waals surface area contributed by atoms with Crippen LogP contribution in [0.3, 0.4) is 0 Å². The van der Waals surface area contributed by atoms with Crippen LogP contribution >= 0.6 is 12.2 Å². The highest BCUT2D eigenvalue weighted by Crippen LogP contribution is 2.11. The molecule has 0 atom stereocenters. The van der Waals surface area contributed by atoms with Crippen molar-refractivity contribution in [2.75, 3.05) is 18.5 Å². The maximum atomic E-state index is 13.1. The van der Waals surface area contributed by atoms with Crippen molar-refractivity contribution >= 4 is 23.0 Å². The van der Waals surface area contributed by atoms with Crippen LogP contribution in [0.15, 0.2) is 24.3 Å². The Balaban J connectivity index is 2.41. The number of thiocarbonyl (C=S) groups is 1. The topological polar surface area (TPSA) is 44.3 Å². The first-order valence-electron chi connectivity index (χ1n) is 4.64. The monoisotopic (exact) mass is 228 g/mol. The zero-order chi connectivity index (χ0) is 11.1. The molecule has 3 nitrogen and oxygen atoms in total. The zero-order valence-corrected chi connectivity index (χ0v) is 8.98. The van der Waals surface area contributed by atoms with E-state index >= 15 is 0 Å². The fourth-order valence-corrected chi connectivity index (χ4v) is 1.22. The van der Waals surface area contributed by atoms with Crippen LogP contribution in [0.5, 0.6) is 0 Å². The van der Waals surface area contributed by atoms with Crippen LogP contribution in [-0.2, 0) is 0 Å². The molecule has 3 N–H and O–H groups in total. The second kappa shape index (κ2) is 6.31. The molecule has 5 heteroatoms. The first-order valence-corrected chi connectivity index (χ1v) is 5.05. The van der Waals surface area contributed by atoms with Crippen molar-refractivity contribution in [3.05, 3.63) is 30.1 Å². The largest absolute Gasteiger partial charge is 0.396 e. The molecule has 0 aliphatic heterocycles. The van der Waals surface area contributed by atoms with Crippen molar-refractivity contribution in [2.45, 2.75) is 6.42 Å². The molecule has 0 aromatic heterocycles. The molecule has 1 aromatic rings. The Morgan fingerprint density at radius 1 is 1.40 bits per heavy atom. The van der Waals surface area contributed by atoms with Gasteiger partial charge in [0.05, 0.1) is 5.69 Å². The third-order valence-electron chi connectivity index (χ3n) is 1.74. The molecule has 0 radical (unpaired) electrons. The van der Waals surface area contributed by atoms with E-state index in [1.165, 1.54) is 6.07 Å². The van der Waals surface area contributed by atoms with Gasteiger partial charge in [0, 0.05) is 13.2 Å². The van der Waals surface area contributed by atoms with Gasteiger partial charge in [0.15, 0.2) is 5.11 Å². The molecule has 0 fully saturated rings. The van der Waals surface area contributed by atoms with E-state index in [9.17, 15) is 4.39 Å². The smallest absolute Gasteiger partial charge is 0.170 e. The van der Waals surface area contributed by atoms with Crippen molar-refractivity contribution in [3.8, 4) is 0 Å².